The molecule has 0 aromatic heterocycles. The quantitative estimate of drug-likeness (QED) is 0.573. The predicted octanol–water partition coefficient (Wildman–Crippen LogP) is 1.51. The summed E-state index contributed by atoms with van der Waals surface area (Å²) in [4.78, 5) is 9.38. The van der Waals surface area contributed by atoms with E-state index in [1.165, 1.54) is 0 Å². The number of nitro groups is 1. The van der Waals surface area contributed by atoms with Crippen LogP contribution in [-0.4, -0.2) is 10.0 Å². The third-order valence-corrected chi connectivity index (χ3v) is 1.61. The lowest BCUT2D eigenvalue weighted by atomic mass is 10.1. The van der Waals surface area contributed by atoms with Crippen molar-refractivity contribution in [1.29, 1.82) is 5.26 Å². The molecule has 0 aliphatic carbocycles. The van der Waals surface area contributed by atoms with E-state index in [0.717, 1.165) is 6.07 Å². The number of nitro benzene ring substituents is 1. The minimum Gasteiger partial charge on any atom is -0.508 e. The molecule has 0 heterocycles. The highest BCUT2D eigenvalue weighted by atomic mass is 19.1. The standard InChI is InChI=1S/C8H5FN2O3/c9-6-4-8(12)5(1-2-10)3-7(6)11(13)14/h3-4,12H,1H2. The first kappa shape index (κ1) is 9.92. The number of rotatable bonds is 2. The first-order valence-corrected chi connectivity index (χ1v) is 3.59. The van der Waals surface area contributed by atoms with Gasteiger partial charge in [-0.25, -0.2) is 0 Å². The second kappa shape index (κ2) is 3.70. The van der Waals surface area contributed by atoms with Crippen molar-refractivity contribution in [3.8, 4) is 11.8 Å². The molecule has 1 N–H and O–H groups in total. The van der Waals surface area contributed by atoms with Crippen LogP contribution in [0, 0.1) is 27.3 Å². The number of halogens is 1. The summed E-state index contributed by atoms with van der Waals surface area (Å²) in [6, 6.07) is 3.19. The Morgan fingerprint density at radius 3 is 2.79 bits per heavy atom. The molecule has 1 aromatic carbocycles. The number of benzene rings is 1. The van der Waals surface area contributed by atoms with Crippen LogP contribution in [0.1, 0.15) is 5.56 Å². The fourth-order valence-corrected chi connectivity index (χ4v) is 0.961. The second-order valence-electron chi connectivity index (χ2n) is 2.52. The highest BCUT2D eigenvalue weighted by Gasteiger charge is 2.17. The van der Waals surface area contributed by atoms with Crippen molar-refractivity contribution < 1.29 is 14.4 Å². The number of hydrogen-bond donors (Lipinski definition) is 1. The van der Waals surface area contributed by atoms with Crippen LogP contribution in [0.25, 0.3) is 0 Å². The molecule has 14 heavy (non-hydrogen) atoms. The van der Waals surface area contributed by atoms with Crippen LogP contribution in [0.3, 0.4) is 0 Å². The molecule has 0 atom stereocenters. The summed E-state index contributed by atoms with van der Waals surface area (Å²) in [6.45, 7) is 0. The number of phenols is 1. The molecule has 0 amide bonds. The van der Waals surface area contributed by atoms with Crippen molar-refractivity contribution in [2.24, 2.45) is 0 Å². The Morgan fingerprint density at radius 1 is 1.64 bits per heavy atom. The van der Waals surface area contributed by atoms with Crippen LogP contribution in [0.2, 0.25) is 0 Å². The highest BCUT2D eigenvalue weighted by Crippen LogP contribution is 2.26. The van der Waals surface area contributed by atoms with Gasteiger partial charge < -0.3 is 5.11 Å². The molecule has 1 aromatic rings. The Hall–Kier alpha value is -2.16. The average molecular weight is 196 g/mol. The monoisotopic (exact) mass is 196 g/mol. The summed E-state index contributed by atoms with van der Waals surface area (Å²) in [6.07, 6.45) is -0.201. The van der Waals surface area contributed by atoms with E-state index in [-0.39, 0.29) is 12.0 Å². The van der Waals surface area contributed by atoms with Crippen molar-refractivity contribution in [2.45, 2.75) is 6.42 Å². The Bertz CT molecular complexity index is 425. The van der Waals surface area contributed by atoms with E-state index >= 15 is 0 Å². The SMILES string of the molecule is N#CCc1cc([N+](=O)[O-])c(F)cc1O. The molecule has 5 nitrogen and oxygen atoms in total. The van der Waals surface area contributed by atoms with Gasteiger partial charge in [0, 0.05) is 17.7 Å². The fraction of sp³-hybridized carbons (Fsp3) is 0.125. The summed E-state index contributed by atoms with van der Waals surface area (Å²) in [5, 5.41) is 27.7. The topological polar surface area (TPSA) is 87.2 Å². The lowest BCUT2D eigenvalue weighted by Gasteiger charge is -2.00. The predicted molar refractivity (Wildman–Crippen MR) is 44.0 cm³/mol. The van der Waals surface area contributed by atoms with Crippen LogP contribution in [0.15, 0.2) is 12.1 Å². The van der Waals surface area contributed by atoms with E-state index in [0.29, 0.717) is 6.07 Å². The van der Waals surface area contributed by atoms with Gasteiger partial charge in [-0.15, -0.1) is 0 Å². The summed E-state index contributed by atoms with van der Waals surface area (Å²) in [5.41, 5.74) is -0.700. The summed E-state index contributed by atoms with van der Waals surface area (Å²) < 4.78 is 12.8. The van der Waals surface area contributed by atoms with Crippen LogP contribution in [0.5, 0.6) is 5.75 Å². The maximum Gasteiger partial charge on any atom is 0.305 e. The third kappa shape index (κ3) is 1.77. The van der Waals surface area contributed by atoms with E-state index in [1.54, 1.807) is 6.07 Å². The van der Waals surface area contributed by atoms with Gasteiger partial charge in [0.05, 0.1) is 17.4 Å². The molecule has 0 aliphatic heterocycles. The Kier molecular flexibility index (Phi) is 2.62. The highest BCUT2D eigenvalue weighted by molar-refractivity contribution is 5.45. The molecular formula is C8H5FN2O3. The maximum absolute atomic E-state index is 12.8. The van der Waals surface area contributed by atoms with Gasteiger partial charge >= 0.3 is 5.69 Å². The number of phenolic OH excluding ortho intramolecular Hbond substituents is 1. The lowest BCUT2D eigenvalue weighted by Crippen LogP contribution is -1.95. The number of nitrogens with zero attached hydrogens (tertiary/aromatic N) is 2. The van der Waals surface area contributed by atoms with Crippen molar-refractivity contribution in [1.82, 2.24) is 0 Å². The Morgan fingerprint density at radius 2 is 2.29 bits per heavy atom. The van der Waals surface area contributed by atoms with Gasteiger partial charge in [0.25, 0.3) is 0 Å². The molecule has 0 saturated heterocycles. The number of nitriles is 1. The molecule has 0 spiro atoms. The second-order valence-corrected chi connectivity index (χ2v) is 2.52. The zero-order valence-electron chi connectivity index (χ0n) is 6.90. The maximum atomic E-state index is 12.8. The minimum absolute atomic E-state index is 0.0422. The molecule has 0 unspecified atom stereocenters. The van der Waals surface area contributed by atoms with Crippen LogP contribution >= 0.6 is 0 Å². The fourth-order valence-electron chi connectivity index (χ4n) is 0.961. The Labute approximate surface area is 78.2 Å². The number of hydrogen-bond acceptors (Lipinski definition) is 4. The third-order valence-electron chi connectivity index (χ3n) is 1.61. The average Bonchev–Trinajstić information content (AvgIpc) is 2.09. The van der Waals surface area contributed by atoms with E-state index in [9.17, 15) is 14.5 Å². The van der Waals surface area contributed by atoms with Crippen molar-refractivity contribution in [2.75, 3.05) is 0 Å². The van der Waals surface area contributed by atoms with Crippen molar-refractivity contribution in [3.63, 3.8) is 0 Å². The Balaban J connectivity index is 3.28. The van der Waals surface area contributed by atoms with E-state index < -0.39 is 22.2 Å². The molecule has 1 rings (SSSR count). The summed E-state index contributed by atoms with van der Waals surface area (Å²) in [5.74, 6) is -1.57. The van der Waals surface area contributed by atoms with Crippen LogP contribution < -0.4 is 0 Å². The van der Waals surface area contributed by atoms with Gasteiger partial charge in [0.15, 0.2) is 0 Å². The summed E-state index contributed by atoms with van der Waals surface area (Å²) >= 11 is 0. The zero-order valence-corrected chi connectivity index (χ0v) is 6.90. The first-order valence-electron chi connectivity index (χ1n) is 3.59. The van der Waals surface area contributed by atoms with Gasteiger partial charge in [0.2, 0.25) is 5.82 Å². The van der Waals surface area contributed by atoms with Gasteiger partial charge in [-0.3, -0.25) is 10.1 Å². The zero-order chi connectivity index (χ0) is 10.7. The van der Waals surface area contributed by atoms with Gasteiger partial charge in [0.1, 0.15) is 5.75 Å². The van der Waals surface area contributed by atoms with Crippen molar-refractivity contribution in [3.05, 3.63) is 33.6 Å². The molecule has 0 aliphatic rings. The lowest BCUT2D eigenvalue weighted by molar-refractivity contribution is -0.387. The van der Waals surface area contributed by atoms with Crippen molar-refractivity contribution >= 4 is 5.69 Å². The molecule has 0 saturated carbocycles. The molecule has 72 valence electrons. The van der Waals surface area contributed by atoms with E-state index in [1.807, 2.05) is 0 Å². The van der Waals surface area contributed by atoms with E-state index in [4.69, 9.17) is 10.4 Å². The van der Waals surface area contributed by atoms with E-state index in [2.05, 4.69) is 0 Å². The largest absolute Gasteiger partial charge is 0.508 e. The smallest absolute Gasteiger partial charge is 0.305 e. The normalized spacial score (nSPS) is 9.43. The van der Waals surface area contributed by atoms with Gasteiger partial charge in [-0.1, -0.05) is 0 Å². The van der Waals surface area contributed by atoms with Crippen LogP contribution in [-0.2, 0) is 6.42 Å². The molecule has 0 fully saturated rings. The summed E-state index contributed by atoms with van der Waals surface area (Å²) in [7, 11) is 0. The molecule has 0 bridgehead atoms. The van der Waals surface area contributed by atoms with Crippen LogP contribution in [0.4, 0.5) is 10.1 Å². The molecular weight excluding hydrogens is 191 g/mol. The number of aromatic hydroxyl groups is 1. The molecule has 0 radical (unpaired) electrons. The minimum atomic E-state index is -1.12. The van der Waals surface area contributed by atoms with Gasteiger partial charge in [-0.2, -0.15) is 9.65 Å². The van der Waals surface area contributed by atoms with Gasteiger partial charge in [-0.05, 0) is 0 Å². The molecule has 6 heteroatoms. The first-order chi connectivity index (χ1) is 6.56.